The number of hydrogen-bond donors (Lipinski definition) is 1. The first kappa shape index (κ1) is 24.9. The second kappa shape index (κ2) is 10.1. The van der Waals surface area contributed by atoms with Crippen molar-refractivity contribution in [3.05, 3.63) is 83.4 Å². The third kappa shape index (κ3) is 6.66. The minimum Gasteiger partial charge on any atom is -0.323 e. The van der Waals surface area contributed by atoms with Crippen LogP contribution in [0.2, 0.25) is 5.02 Å². The number of para-hydroxylation sites is 1. The number of carbonyl (C=O) groups excluding carboxylic acids is 1. The molecular weight excluding hydrogens is 497 g/mol. The molecule has 0 saturated heterocycles. The highest BCUT2D eigenvalue weighted by Gasteiger charge is 2.34. The lowest BCUT2D eigenvalue weighted by atomic mass is 10.2. The van der Waals surface area contributed by atoms with Crippen LogP contribution in [0.3, 0.4) is 0 Å². The molecule has 0 fully saturated rings. The number of alkyl halides is 3. The molecule has 3 aromatic carbocycles. The molecule has 0 unspecified atom stereocenters. The van der Waals surface area contributed by atoms with Crippen LogP contribution in [0.25, 0.3) is 0 Å². The molecule has 0 aliphatic rings. The van der Waals surface area contributed by atoms with Gasteiger partial charge in [0.15, 0.2) is 0 Å². The minimum absolute atomic E-state index is 0.323. The van der Waals surface area contributed by atoms with E-state index < -0.39 is 39.2 Å². The van der Waals surface area contributed by atoms with E-state index in [0.29, 0.717) is 21.0 Å². The lowest BCUT2D eigenvalue weighted by molar-refractivity contribution is -0.137. The third-order valence-corrected chi connectivity index (χ3v) is 6.92. The number of sulfonamides is 1. The number of carbonyl (C=O) groups is 1. The standard InChI is InChI=1S/C22H18ClF3N2O3S2/c1-33(30,31)28(15-11-12-18(23)17(13-15)22(24,25)26)14-21(29)27-19-9-5-6-10-20(19)32-16-7-3-2-4-8-16/h2-13H,14H2,1H3,(H,27,29). The molecule has 0 heterocycles. The van der Waals surface area contributed by atoms with E-state index in [-0.39, 0.29) is 5.69 Å². The van der Waals surface area contributed by atoms with Crippen molar-refractivity contribution >= 4 is 50.7 Å². The summed E-state index contributed by atoms with van der Waals surface area (Å²) in [5.41, 5.74) is -1.08. The Bertz CT molecular complexity index is 1250. The first-order valence-electron chi connectivity index (χ1n) is 9.41. The van der Waals surface area contributed by atoms with Crippen LogP contribution in [0.5, 0.6) is 0 Å². The maximum Gasteiger partial charge on any atom is 0.417 e. The van der Waals surface area contributed by atoms with Gasteiger partial charge in [0, 0.05) is 9.79 Å². The summed E-state index contributed by atoms with van der Waals surface area (Å²) in [4.78, 5) is 14.4. The summed E-state index contributed by atoms with van der Waals surface area (Å²) in [6, 6.07) is 19.0. The molecule has 0 spiro atoms. The second-order valence-electron chi connectivity index (χ2n) is 6.89. The van der Waals surface area contributed by atoms with Gasteiger partial charge in [-0.05, 0) is 42.5 Å². The molecule has 33 heavy (non-hydrogen) atoms. The Labute approximate surface area is 198 Å². The summed E-state index contributed by atoms with van der Waals surface area (Å²) in [5.74, 6) is -0.718. The van der Waals surface area contributed by atoms with Gasteiger partial charge in [0.25, 0.3) is 0 Å². The van der Waals surface area contributed by atoms with Crippen LogP contribution in [0.1, 0.15) is 5.56 Å². The molecule has 0 radical (unpaired) electrons. The molecule has 11 heteroatoms. The summed E-state index contributed by atoms with van der Waals surface area (Å²) >= 11 is 7.02. The zero-order valence-corrected chi connectivity index (χ0v) is 19.5. The number of nitrogens with one attached hydrogen (secondary N) is 1. The van der Waals surface area contributed by atoms with Gasteiger partial charge in [-0.2, -0.15) is 13.2 Å². The summed E-state index contributed by atoms with van der Waals surface area (Å²) in [5, 5.41) is 2.07. The molecule has 3 rings (SSSR count). The normalized spacial score (nSPS) is 11.8. The van der Waals surface area contributed by atoms with E-state index in [2.05, 4.69) is 5.32 Å². The first-order valence-corrected chi connectivity index (χ1v) is 12.5. The van der Waals surface area contributed by atoms with Crippen molar-refractivity contribution in [2.24, 2.45) is 0 Å². The van der Waals surface area contributed by atoms with Gasteiger partial charge in [-0.25, -0.2) is 8.42 Å². The summed E-state index contributed by atoms with van der Waals surface area (Å²) in [7, 11) is -4.08. The van der Waals surface area contributed by atoms with Crippen LogP contribution in [-0.4, -0.2) is 27.1 Å². The Balaban J connectivity index is 1.85. The van der Waals surface area contributed by atoms with E-state index in [1.165, 1.54) is 11.8 Å². The molecule has 1 amide bonds. The molecule has 0 saturated carbocycles. The molecule has 0 aliphatic carbocycles. The van der Waals surface area contributed by atoms with Crippen molar-refractivity contribution < 1.29 is 26.4 Å². The van der Waals surface area contributed by atoms with Crippen molar-refractivity contribution in [1.82, 2.24) is 0 Å². The second-order valence-corrected chi connectivity index (χ2v) is 10.3. The average molecular weight is 515 g/mol. The first-order chi connectivity index (χ1) is 15.4. The van der Waals surface area contributed by atoms with Gasteiger partial charge in [0.05, 0.1) is 28.2 Å². The highest BCUT2D eigenvalue weighted by atomic mass is 35.5. The van der Waals surface area contributed by atoms with Crippen LogP contribution < -0.4 is 9.62 Å². The van der Waals surface area contributed by atoms with Crippen molar-refractivity contribution in [1.29, 1.82) is 0 Å². The Morgan fingerprint density at radius 1 is 1.03 bits per heavy atom. The van der Waals surface area contributed by atoms with Crippen molar-refractivity contribution in [2.45, 2.75) is 16.0 Å². The zero-order valence-electron chi connectivity index (χ0n) is 17.1. The smallest absolute Gasteiger partial charge is 0.323 e. The van der Waals surface area contributed by atoms with Gasteiger partial charge in [-0.3, -0.25) is 9.10 Å². The topological polar surface area (TPSA) is 66.5 Å². The predicted molar refractivity (Wildman–Crippen MR) is 124 cm³/mol. The predicted octanol–water partition coefficient (Wildman–Crippen LogP) is 5.91. The highest BCUT2D eigenvalue weighted by molar-refractivity contribution is 7.99. The largest absolute Gasteiger partial charge is 0.417 e. The summed E-state index contributed by atoms with van der Waals surface area (Å²) in [6.07, 6.45) is -3.98. The van der Waals surface area contributed by atoms with Gasteiger partial charge in [-0.15, -0.1) is 0 Å². The molecule has 5 nitrogen and oxygen atoms in total. The fourth-order valence-corrected chi connectivity index (χ4v) is 4.88. The van der Waals surface area contributed by atoms with Crippen LogP contribution >= 0.6 is 23.4 Å². The van der Waals surface area contributed by atoms with Crippen molar-refractivity contribution in [2.75, 3.05) is 22.4 Å². The fourth-order valence-electron chi connectivity index (χ4n) is 2.88. The van der Waals surface area contributed by atoms with E-state index in [4.69, 9.17) is 11.6 Å². The molecule has 174 valence electrons. The van der Waals surface area contributed by atoms with E-state index in [1.807, 2.05) is 30.3 Å². The molecule has 0 bridgehead atoms. The highest BCUT2D eigenvalue weighted by Crippen LogP contribution is 2.37. The van der Waals surface area contributed by atoms with E-state index in [9.17, 15) is 26.4 Å². The zero-order chi connectivity index (χ0) is 24.2. The SMILES string of the molecule is CS(=O)(=O)N(CC(=O)Nc1ccccc1Sc1ccccc1)c1ccc(Cl)c(C(F)(F)F)c1. The van der Waals surface area contributed by atoms with Crippen molar-refractivity contribution in [3.8, 4) is 0 Å². The molecule has 0 aromatic heterocycles. The van der Waals surface area contributed by atoms with Crippen LogP contribution in [-0.2, 0) is 21.0 Å². The fraction of sp³-hybridized carbons (Fsp3) is 0.136. The molecule has 0 aliphatic heterocycles. The Morgan fingerprint density at radius 3 is 2.30 bits per heavy atom. The molecule has 0 atom stereocenters. The maximum atomic E-state index is 13.2. The van der Waals surface area contributed by atoms with E-state index >= 15 is 0 Å². The summed E-state index contributed by atoms with van der Waals surface area (Å²) < 4.78 is 64.9. The van der Waals surface area contributed by atoms with Gasteiger partial charge in [0.2, 0.25) is 15.9 Å². The monoisotopic (exact) mass is 514 g/mol. The number of amides is 1. The van der Waals surface area contributed by atoms with Crippen LogP contribution in [0.4, 0.5) is 24.5 Å². The van der Waals surface area contributed by atoms with Gasteiger partial charge < -0.3 is 5.32 Å². The maximum absolute atomic E-state index is 13.2. The quantitative estimate of drug-likeness (QED) is 0.425. The van der Waals surface area contributed by atoms with Gasteiger partial charge in [-0.1, -0.05) is 53.7 Å². The molecular formula is C22H18ClF3N2O3S2. The lowest BCUT2D eigenvalue weighted by Gasteiger charge is -2.23. The number of halogens is 4. The van der Waals surface area contributed by atoms with Crippen LogP contribution in [0.15, 0.2) is 82.6 Å². The Hall–Kier alpha value is -2.69. The van der Waals surface area contributed by atoms with Crippen LogP contribution in [0, 0.1) is 0 Å². The number of rotatable bonds is 7. The number of benzene rings is 3. The minimum atomic E-state index is -4.79. The third-order valence-electron chi connectivity index (χ3n) is 4.36. The lowest BCUT2D eigenvalue weighted by Crippen LogP contribution is -2.37. The molecule has 3 aromatic rings. The summed E-state index contributed by atoms with van der Waals surface area (Å²) in [6.45, 7) is -0.720. The number of nitrogens with zero attached hydrogens (tertiary/aromatic N) is 1. The van der Waals surface area contributed by atoms with Gasteiger partial charge >= 0.3 is 6.18 Å². The Morgan fingerprint density at radius 2 is 1.67 bits per heavy atom. The Kier molecular flexibility index (Phi) is 7.61. The number of anilines is 2. The molecule has 1 N–H and O–H groups in total. The van der Waals surface area contributed by atoms with Crippen molar-refractivity contribution in [3.63, 3.8) is 0 Å². The average Bonchev–Trinajstić information content (AvgIpc) is 2.73. The van der Waals surface area contributed by atoms with E-state index in [0.717, 1.165) is 23.3 Å². The van der Waals surface area contributed by atoms with E-state index in [1.54, 1.807) is 24.3 Å². The number of hydrogen-bond acceptors (Lipinski definition) is 4. The van der Waals surface area contributed by atoms with Gasteiger partial charge in [0.1, 0.15) is 6.54 Å².